The molecule has 0 rings (SSSR count). The quantitative estimate of drug-likeness (QED) is 0.112. The molecule has 0 aliphatic heterocycles. The van der Waals surface area contributed by atoms with E-state index in [0.717, 1.165) is 78.0 Å². The average molecular weight is 769 g/mol. The topological polar surface area (TPSA) is 122 Å². The fourth-order valence-electron chi connectivity index (χ4n) is 5.88. The molecule has 54 heavy (non-hydrogen) atoms. The van der Waals surface area contributed by atoms with Gasteiger partial charge in [-0.2, -0.15) is 0 Å². The first-order valence-electron chi connectivity index (χ1n) is 20.9. The summed E-state index contributed by atoms with van der Waals surface area (Å²) in [7, 11) is 6.90. The van der Waals surface area contributed by atoms with Crippen LogP contribution >= 0.6 is 0 Å². The minimum atomic E-state index is -0.0751. The summed E-state index contributed by atoms with van der Waals surface area (Å²) < 4.78 is 0. The van der Waals surface area contributed by atoms with Gasteiger partial charge in [0.1, 0.15) is 0 Å². The molecule has 6 amide bonds. The van der Waals surface area contributed by atoms with Crippen LogP contribution in [0.3, 0.4) is 0 Å². The molecule has 12 heteroatoms. The molecule has 0 aromatic rings. The first-order chi connectivity index (χ1) is 25.4. The predicted molar refractivity (Wildman–Crippen MR) is 223 cm³/mol. The molecular formula is C42H84N6O6. The molecule has 0 bridgehead atoms. The van der Waals surface area contributed by atoms with Crippen LogP contribution in [0.25, 0.3) is 0 Å². The van der Waals surface area contributed by atoms with Gasteiger partial charge in [0.2, 0.25) is 35.4 Å². The molecule has 0 fully saturated rings. The Morgan fingerprint density at radius 3 is 0.981 bits per heavy atom. The van der Waals surface area contributed by atoms with E-state index in [9.17, 15) is 28.8 Å². The Balaban J connectivity index is -0.000000741. The first-order valence-corrected chi connectivity index (χ1v) is 20.9. The van der Waals surface area contributed by atoms with Crippen molar-refractivity contribution < 1.29 is 28.8 Å². The first kappa shape index (κ1) is 55.2. The minimum Gasteiger partial charge on any atom is -0.349 e. The van der Waals surface area contributed by atoms with Crippen molar-refractivity contribution >= 4 is 35.4 Å². The number of nitrogens with zero attached hydrogens (tertiary/aromatic N) is 6. The molecule has 318 valence electrons. The van der Waals surface area contributed by atoms with Crippen molar-refractivity contribution in [2.24, 2.45) is 17.8 Å². The Kier molecular flexibility index (Phi) is 33.9. The summed E-state index contributed by atoms with van der Waals surface area (Å²) in [6.45, 7) is 28.3. The van der Waals surface area contributed by atoms with Gasteiger partial charge >= 0.3 is 0 Å². The molecule has 3 atom stereocenters. The zero-order valence-electron chi connectivity index (χ0n) is 37.6. The van der Waals surface area contributed by atoms with Crippen molar-refractivity contribution in [1.29, 1.82) is 0 Å². The molecule has 0 heterocycles. The molecule has 0 aromatic heterocycles. The van der Waals surface area contributed by atoms with Crippen LogP contribution in [0.2, 0.25) is 0 Å². The van der Waals surface area contributed by atoms with Gasteiger partial charge in [-0.05, 0) is 72.6 Å². The van der Waals surface area contributed by atoms with Crippen molar-refractivity contribution in [3.05, 3.63) is 0 Å². The van der Waals surface area contributed by atoms with Crippen molar-refractivity contribution in [2.45, 2.75) is 140 Å². The summed E-state index contributed by atoms with van der Waals surface area (Å²) in [4.78, 5) is 81.9. The van der Waals surface area contributed by atoms with E-state index >= 15 is 0 Å². The molecule has 0 aliphatic carbocycles. The van der Waals surface area contributed by atoms with Crippen LogP contribution in [0.15, 0.2) is 0 Å². The second-order valence-corrected chi connectivity index (χ2v) is 14.6. The number of hydrogen-bond donors (Lipinski definition) is 0. The van der Waals surface area contributed by atoms with Gasteiger partial charge in [0.15, 0.2) is 0 Å². The van der Waals surface area contributed by atoms with E-state index in [-0.39, 0.29) is 53.2 Å². The summed E-state index contributed by atoms with van der Waals surface area (Å²) >= 11 is 0. The molecule has 0 N–H and O–H groups in total. The summed E-state index contributed by atoms with van der Waals surface area (Å²) in [5, 5.41) is 0. The average Bonchev–Trinajstić information content (AvgIpc) is 3.15. The fourth-order valence-corrected chi connectivity index (χ4v) is 5.88. The van der Waals surface area contributed by atoms with Gasteiger partial charge in [0.25, 0.3) is 0 Å². The largest absolute Gasteiger partial charge is 0.349 e. The van der Waals surface area contributed by atoms with Gasteiger partial charge in [0.05, 0.1) is 0 Å². The van der Waals surface area contributed by atoms with E-state index in [0.29, 0.717) is 38.5 Å². The lowest BCUT2D eigenvalue weighted by atomic mass is 10.0. The summed E-state index contributed by atoms with van der Waals surface area (Å²) in [6, 6.07) is 0. The lowest BCUT2D eigenvalue weighted by Gasteiger charge is -2.26. The maximum atomic E-state index is 12.5. The van der Waals surface area contributed by atoms with Crippen LogP contribution in [-0.4, -0.2) is 145 Å². The third-order valence-corrected chi connectivity index (χ3v) is 9.41. The lowest BCUT2D eigenvalue weighted by molar-refractivity contribution is -0.137. The zero-order chi connectivity index (χ0) is 42.4. The fraction of sp³-hybridized carbons (Fsp3) is 0.857. The van der Waals surface area contributed by atoms with Crippen LogP contribution in [0.1, 0.15) is 140 Å². The van der Waals surface area contributed by atoms with Crippen molar-refractivity contribution in [3.8, 4) is 0 Å². The third-order valence-electron chi connectivity index (χ3n) is 9.41. The number of carbonyl (C=O) groups is 6. The van der Waals surface area contributed by atoms with Crippen molar-refractivity contribution in [1.82, 2.24) is 29.4 Å². The molecule has 0 aliphatic rings. The van der Waals surface area contributed by atoms with Crippen LogP contribution in [0, 0.1) is 17.8 Å². The highest BCUT2D eigenvalue weighted by Gasteiger charge is 2.22. The number of hydrogen-bond acceptors (Lipinski definition) is 6. The van der Waals surface area contributed by atoms with E-state index in [1.165, 1.54) is 0 Å². The molecule has 0 spiro atoms. The Morgan fingerprint density at radius 1 is 0.370 bits per heavy atom. The Hall–Kier alpha value is -3.18. The molecule has 12 nitrogen and oxygen atoms in total. The predicted octanol–water partition coefficient (Wildman–Crippen LogP) is 6.42. The monoisotopic (exact) mass is 769 g/mol. The van der Waals surface area contributed by atoms with Gasteiger partial charge in [-0.3, -0.25) is 28.8 Å². The molecule has 0 saturated carbocycles. The Morgan fingerprint density at radius 2 is 0.667 bits per heavy atom. The highest BCUT2D eigenvalue weighted by molar-refractivity contribution is 5.82. The normalized spacial score (nSPS) is 12.1. The molecule has 0 saturated heterocycles. The molecular weight excluding hydrogens is 684 g/mol. The summed E-state index contributed by atoms with van der Waals surface area (Å²) in [5.74, 6) is 0.659. The SMILES string of the molecule is CC(CCC(=O)N(C)C)C(=O)N(C)C.CCCN(CCC)C(=O)CCC(C)C(=O)N(CCC)CCC.CCN(CC)C(=O)CCC(C)C(=O)N(CC)CC. The lowest BCUT2D eigenvalue weighted by Crippen LogP contribution is -2.37. The Labute approximate surface area is 331 Å². The Bertz CT molecular complexity index is 1030. The van der Waals surface area contributed by atoms with E-state index in [1.807, 2.05) is 68.1 Å². The van der Waals surface area contributed by atoms with Crippen LogP contribution < -0.4 is 0 Å². The van der Waals surface area contributed by atoms with E-state index in [4.69, 9.17) is 0 Å². The highest BCUT2D eigenvalue weighted by Crippen LogP contribution is 2.14. The third kappa shape index (κ3) is 24.3. The van der Waals surface area contributed by atoms with Crippen LogP contribution in [-0.2, 0) is 28.8 Å². The molecule has 0 aromatic carbocycles. The number of carbonyl (C=O) groups excluding carboxylic acids is 6. The highest BCUT2D eigenvalue weighted by atomic mass is 16.2. The maximum absolute atomic E-state index is 12.5. The number of rotatable bonds is 24. The van der Waals surface area contributed by atoms with E-state index in [1.54, 1.807) is 38.0 Å². The smallest absolute Gasteiger partial charge is 0.225 e. The van der Waals surface area contributed by atoms with Gasteiger partial charge in [-0.1, -0.05) is 48.5 Å². The van der Waals surface area contributed by atoms with E-state index in [2.05, 4.69) is 27.7 Å². The van der Waals surface area contributed by atoms with Crippen molar-refractivity contribution in [3.63, 3.8) is 0 Å². The second kappa shape index (κ2) is 33.2. The van der Waals surface area contributed by atoms with Crippen molar-refractivity contribution in [2.75, 3.05) is 80.5 Å². The minimum absolute atomic E-state index is 0.0628. The summed E-state index contributed by atoms with van der Waals surface area (Å²) in [6.07, 6.45) is 7.26. The maximum Gasteiger partial charge on any atom is 0.225 e. The second-order valence-electron chi connectivity index (χ2n) is 14.6. The zero-order valence-corrected chi connectivity index (χ0v) is 37.6. The van der Waals surface area contributed by atoms with Crippen LogP contribution in [0.5, 0.6) is 0 Å². The molecule has 3 unspecified atom stereocenters. The van der Waals surface area contributed by atoms with E-state index < -0.39 is 0 Å². The number of amides is 6. The van der Waals surface area contributed by atoms with Gasteiger partial charge in [0, 0.05) is 118 Å². The van der Waals surface area contributed by atoms with Gasteiger partial charge in [-0.15, -0.1) is 0 Å². The standard InChI is InChI=1S/C18H36N2O2.C14H28N2O2.C10H20N2O2/c1-6-12-19(13-7-2)17(21)11-10-16(5)18(22)20(14-8-3)15-9-4;1-6-15(7-2)13(17)11-10-12(5)14(18)16(8-3)9-4;1-8(10(14)12(4)5)6-7-9(13)11(2)3/h16H,6-15H2,1-5H3;12H,6-11H2,1-5H3;8H,6-7H2,1-5H3. The van der Waals surface area contributed by atoms with Gasteiger partial charge < -0.3 is 29.4 Å². The van der Waals surface area contributed by atoms with Crippen LogP contribution in [0.4, 0.5) is 0 Å². The summed E-state index contributed by atoms with van der Waals surface area (Å²) in [5.41, 5.74) is 0. The van der Waals surface area contributed by atoms with Gasteiger partial charge in [-0.25, -0.2) is 0 Å². The molecule has 0 radical (unpaired) electrons.